The van der Waals surface area contributed by atoms with Crippen molar-refractivity contribution in [2.75, 3.05) is 0 Å². The molecule has 0 amide bonds. The average Bonchev–Trinajstić information content (AvgIpc) is 2.20. The van der Waals surface area contributed by atoms with Gasteiger partial charge in [-0.3, -0.25) is 4.79 Å². The lowest BCUT2D eigenvalue weighted by atomic mass is 10.2. The van der Waals surface area contributed by atoms with Crippen LogP contribution in [0.3, 0.4) is 0 Å². The van der Waals surface area contributed by atoms with Crippen LogP contribution < -0.4 is 5.56 Å². The third kappa shape index (κ3) is 2.12. The van der Waals surface area contributed by atoms with E-state index in [9.17, 15) is 9.18 Å². The van der Waals surface area contributed by atoms with Gasteiger partial charge in [-0.15, -0.1) is 0 Å². The van der Waals surface area contributed by atoms with E-state index >= 15 is 0 Å². The van der Waals surface area contributed by atoms with E-state index < -0.39 is 5.82 Å². The van der Waals surface area contributed by atoms with Crippen molar-refractivity contribution in [1.29, 1.82) is 0 Å². The average molecular weight is 239 g/mol. The fraction of sp³-hybridized carbons (Fsp3) is 0.0909. The highest BCUT2D eigenvalue weighted by atomic mass is 35.5. The van der Waals surface area contributed by atoms with Gasteiger partial charge in [0.25, 0.3) is 5.56 Å². The second-order valence-electron chi connectivity index (χ2n) is 3.36. The Morgan fingerprint density at radius 3 is 2.75 bits per heavy atom. The minimum absolute atomic E-state index is 0.00153. The Balaban J connectivity index is 2.58. The summed E-state index contributed by atoms with van der Waals surface area (Å²) in [6.45, 7) is 1.71. The molecule has 0 aliphatic rings. The van der Waals surface area contributed by atoms with Gasteiger partial charge in [-0.1, -0.05) is 11.6 Å². The first kappa shape index (κ1) is 10.8. The fourth-order valence-corrected chi connectivity index (χ4v) is 1.54. The number of nitrogens with zero attached hydrogens (tertiary/aromatic N) is 1. The van der Waals surface area contributed by atoms with Crippen LogP contribution in [-0.2, 0) is 0 Å². The number of H-pyrrole nitrogens is 1. The van der Waals surface area contributed by atoms with Crippen LogP contribution in [0.2, 0.25) is 5.02 Å². The molecule has 0 saturated heterocycles. The summed E-state index contributed by atoms with van der Waals surface area (Å²) in [7, 11) is 0. The Morgan fingerprint density at radius 1 is 1.38 bits per heavy atom. The van der Waals surface area contributed by atoms with Crippen LogP contribution in [0, 0.1) is 12.7 Å². The highest BCUT2D eigenvalue weighted by molar-refractivity contribution is 6.31. The van der Waals surface area contributed by atoms with E-state index in [2.05, 4.69) is 9.97 Å². The van der Waals surface area contributed by atoms with Gasteiger partial charge in [0.05, 0.1) is 5.02 Å². The predicted octanol–water partition coefficient (Wildman–Crippen LogP) is 2.54. The molecule has 2 aromatic rings. The van der Waals surface area contributed by atoms with Gasteiger partial charge in [-0.25, -0.2) is 9.37 Å². The Labute approximate surface area is 95.9 Å². The smallest absolute Gasteiger partial charge is 0.251 e. The third-order valence-electron chi connectivity index (χ3n) is 2.06. The molecule has 82 valence electrons. The SMILES string of the molecule is Cc1cc(=O)[nH]c(-c2ccc(F)c(Cl)c2)n1. The van der Waals surface area contributed by atoms with Crippen LogP contribution >= 0.6 is 11.6 Å². The molecular formula is C11H8ClFN2O. The molecule has 0 spiro atoms. The van der Waals surface area contributed by atoms with Crippen molar-refractivity contribution in [1.82, 2.24) is 9.97 Å². The summed E-state index contributed by atoms with van der Waals surface area (Å²) >= 11 is 5.65. The van der Waals surface area contributed by atoms with Gasteiger partial charge in [0.1, 0.15) is 11.6 Å². The zero-order chi connectivity index (χ0) is 11.7. The summed E-state index contributed by atoms with van der Waals surface area (Å²) in [6.07, 6.45) is 0. The standard InChI is InChI=1S/C11H8ClFN2O/c1-6-4-10(16)15-11(14-6)7-2-3-9(13)8(12)5-7/h2-5H,1H3,(H,14,15,16). The van der Waals surface area contributed by atoms with Crippen LogP contribution in [0.1, 0.15) is 5.69 Å². The van der Waals surface area contributed by atoms with E-state index in [0.717, 1.165) is 0 Å². The lowest BCUT2D eigenvalue weighted by molar-refractivity contribution is 0.628. The molecule has 0 aliphatic carbocycles. The van der Waals surface area contributed by atoms with Gasteiger partial charge >= 0.3 is 0 Å². The summed E-state index contributed by atoms with van der Waals surface area (Å²) in [6, 6.07) is 5.56. The quantitative estimate of drug-likeness (QED) is 0.830. The first-order valence-electron chi connectivity index (χ1n) is 4.59. The number of aromatic amines is 1. The van der Waals surface area contributed by atoms with E-state index in [1.54, 1.807) is 6.92 Å². The number of halogens is 2. The Kier molecular flexibility index (Phi) is 2.75. The minimum Gasteiger partial charge on any atom is -0.307 e. The van der Waals surface area contributed by atoms with Gasteiger partial charge < -0.3 is 4.98 Å². The molecule has 3 nitrogen and oxygen atoms in total. The van der Waals surface area contributed by atoms with Gasteiger partial charge in [-0.2, -0.15) is 0 Å². The molecule has 1 aromatic heterocycles. The maximum absolute atomic E-state index is 12.9. The first-order valence-corrected chi connectivity index (χ1v) is 4.97. The monoisotopic (exact) mass is 238 g/mol. The van der Waals surface area contributed by atoms with Crippen molar-refractivity contribution >= 4 is 11.6 Å². The number of aromatic nitrogens is 2. The topological polar surface area (TPSA) is 45.8 Å². The van der Waals surface area contributed by atoms with Gasteiger partial charge in [-0.05, 0) is 25.1 Å². The molecule has 2 rings (SSSR count). The molecule has 0 fully saturated rings. The molecular weight excluding hydrogens is 231 g/mol. The second-order valence-corrected chi connectivity index (χ2v) is 3.77. The number of hydrogen-bond acceptors (Lipinski definition) is 2. The molecule has 1 heterocycles. The summed E-state index contributed by atoms with van der Waals surface area (Å²) in [4.78, 5) is 17.9. The number of hydrogen-bond donors (Lipinski definition) is 1. The molecule has 0 atom stereocenters. The fourth-order valence-electron chi connectivity index (χ4n) is 1.36. The van der Waals surface area contributed by atoms with Crippen LogP contribution in [0.25, 0.3) is 11.4 Å². The molecule has 0 bridgehead atoms. The molecule has 0 aliphatic heterocycles. The number of nitrogens with one attached hydrogen (secondary N) is 1. The molecule has 5 heteroatoms. The van der Waals surface area contributed by atoms with E-state index in [-0.39, 0.29) is 10.6 Å². The Morgan fingerprint density at radius 2 is 2.12 bits per heavy atom. The first-order chi connectivity index (χ1) is 7.56. The number of benzene rings is 1. The third-order valence-corrected chi connectivity index (χ3v) is 2.35. The lowest BCUT2D eigenvalue weighted by Crippen LogP contribution is -2.08. The van der Waals surface area contributed by atoms with Crippen molar-refractivity contribution in [3.8, 4) is 11.4 Å². The minimum atomic E-state index is -0.500. The molecule has 1 N–H and O–H groups in total. The van der Waals surface area contributed by atoms with E-state index in [0.29, 0.717) is 17.1 Å². The molecule has 0 radical (unpaired) electrons. The number of aryl methyl sites for hydroxylation is 1. The van der Waals surface area contributed by atoms with Crippen molar-refractivity contribution < 1.29 is 4.39 Å². The van der Waals surface area contributed by atoms with Gasteiger partial charge in [0.2, 0.25) is 0 Å². The van der Waals surface area contributed by atoms with Crippen LogP contribution in [0.5, 0.6) is 0 Å². The van der Waals surface area contributed by atoms with Crippen LogP contribution in [0.15, 0.2) is 29.1 Å². The van der Waals surface area contributed by atoms with Crippen molar-refractivity contribution in [2.45, 2.75) is 6.92 Å². The summed E-state index contributed by atoms with van der Waals surface area (Å²) in [5.41, 5.74) is 0.925. The van der Waals surface area contributed by atoms with Crippen LogP contribution in [-0.4, -0.2) is 9.97 Å². The highest BCUT2D eigenvalue weighted by Gasteiger charge is 2.05. The zero-order valence-corrected chi connectivity index (χ0v) is 9.18. The Hall–Kier alpha value is -1.68. The molecule has 16 heavy (non-hydrogen) atoms. The summed E-state index contributed by atoms with van der Waals surface area (Å²) in [5.74, 6) is -0.118. The Bertz CT molecular complexity index is 595. The maximum atomic E-state index is 12.9. The van der Waals surface area contributed by atoms with Gasteiger partial charge in [0.15, 0.2) is 0 Å². The van der Waals surface area contributed by atoms with E-state index in [1.807, 2.05) is 0 Å². The summed E-state index contributed by atoms with van der Waals surface area (Å²) < 4.78 is 12.9. The molecule has 0 unspecified atom stereocenters. The largest absolute Gasteiger partial charge is 0.307 e. The number of rotatable bonds is 1. The van der Waals surface area contributed by atoms with E-state index in [1.165, 1.54) is 24.3 Å². The molecule has 1 aromatic carbocycles. The van der Waals surface area contributed by atoms with Crippen LogP contribution in [0.4, 0.5) is 4.39 Å². The lowest BCUT2D eigenvalue weighted by Gasteiger charge is -2.02. The maximum Gasteiger partial charge on any atom is 0.251 e. The normalized spacial score (nSPS) is 10.4. The predicted molar refractivity (Wildman–Crippen MR) is 60.0 cm³/mol. The van der Waals surface area contributed by atoms with Gasteiger partial charge in [0, 0.05) is 17.3 Å². The van der Waals surface area contributed by atoms with Crippen molar-refractivity contribution in [3.05, 3.63) is 51.2 Å². The summed E-state index contributed by atoms with van der Waals surface area (Å²) in [5, 5.41) is 0.00153. The zero-order valence-electron chi connectivity index (χ0n) is 8.42. The van der Waals surface area contributed by atoms with E-state index in [4.69, 9.17) is 11.6 Å². The van der Waals surface area contributed by atoms with Crippen molar-refractivity contribution in [2.24, 2.45) is 0 Å². The van der Waals surface area contributed by atoms with Crippen molar-refractivity contribution in [3.63, 3.8) is 0 Å². The molecule has 0 saturated carbocycles. The highest BCUT2D eigenvalue weighted by Crippen LogP contribution is 2.21. The second kappa shape index (κ2) is 4.06.